The van der Waals surface area contributed by atoms with Crippen molar-refractivity contribution in [2.45, 2.75) is 19.8 Å². The standard InChI is InChI=1S/C22H25N3O3/c1-17(2)19-6-3-18(4-7-19)5-12-22(26)24-15-13-23(14-16-24)20-8-10-21(11-9-20)25(27)28/h3-12,17H,13-16H2,1-2H3/b12-5+. The number of carbonyl (C=O) groups is 1. The Morgan fingerprint density at radius 1 is 1.00 bits per heavy atom. The van der Waals surface area contributed by atoms with Crippen LogP contribution in [0.15, 0.2) is 54.6 Å². The second-order valence-electron chi connectivity index (χ2n) is 7.24. The average molecular weight is 379 g/mol. The van der Waals surface area contributed by atoms with Crippen molar-refractivity contribution in [1.82, 2.24) is 4.90 Å². The van der Waals surface area contributed by atoms with E-state index in [-0.39, 0.29) is 11.6 Å². The number of hydrogen-bond acceptors (Lipinski definition) is 4. The first kappa shape index (κ1) is 19.6. The summed E-state index contributed by atoms with van der Waals surface area (Å²) in [7, 11) is 0. The van der Waals surface area contributed by atoms with Gasteiger partial charge in [0.25, 0.3) is 5.69 Å². The van der Waals surface area contributed by atoms with Crippen LogP contribution in [0.2, 0.25) is 0 Å². The Kier molecular flexibility index (Phi) is 6.09. The maximum atomic E-state index is 12.5. The lowest BCUT2D eigenvalue weighted by Gasteiger charge is -2.35. The number of carbonyl (C=O) groups excluding carboxylic acids is 1. The summed E-state index contributed by atoms with van der Waals surface area (Å²) in [5.74, 6) is 0.503. The van der Waals surface area contributed by atoms with Crippen LogP contribution < -0.4 is 4.90 Å². The molecule has 0 unspecified atom stereocenters. The van der Waals surface area contributed by atoms with Crippen molar-refractivity contribution in [3.05, 3.63) is 75.8 Å². The molecule has 1 heterocycles. The van der Waals surface area contributed by atoms with Gasteiger partial charge in [0.05, 0.1) is 4.92 Å². The number of benzene rings is 2. The van der Waals surface area contributed by atoms with Gasteiger partial charge in [-0.15, -0.1) is 0 Å². The molecule has 28 heavy (non-hydrogen) atoms. The molecular formula is C22H25N3O3. The molecular weight excluding hydrogens is 354 g/mol. The fourth-order valence-corrected chi connectivity index (χ4v) is 3.24. The van der Waals surface area contributed by atoms with Crippen LogP contribution in [0.4, 0.5) is 11.4 Å². The van der Waals surface area contributed by atoms with E-state index in [1.807, 2.05) is 23.1 Å². The molecule has 1 aliphatic heterocycles. The van der Waals surface area contributed by atoms with Gasteiger partial charge < -0.3 is 9.80 Å². The summed E-state index contributed by atoms with van der Waals surface area (Å²) in [6.07, 6.45) is 3.49. The molecule has 0 spiro atoms. The van der Waals surface area contributed by atoms with Crippen LogP contribution >= 0.6 is 0 Å². The highest BCUT2D eigenvalue weighted by molar-refractivity contribution is 5.92. The van der Waals surface area contributed by atoms with E-state index >= 15 is 0 Å². The van der Waals surface area contributed by atoms with Crippen LogP contribution in [-0.4, -0.2) is 41.9 Å². The minimum atomic E-state index is -0.400. The molecule has 0 atom stereocenters. The van der Waals surface area contributed by atoms with Crippen molar-refractivity contribution >= 4 is 23.4 Å². The topological polar surface area (TPSA) is 66.7 Å². The smallest absolute Gasteiger partial charge is 0.269 e. The summed E-state index contributed by atoms with van der Waals surface area (Å²) < 4.78 is 0. The number of nitrogens with zero attached hydrogens (tertiary/aromatic N) is 3. The molecule has 1 fully saturated rings. The Hall–Kier alpha value is -3.15. The van der Waals surface area contributed by atoms with Gasteiger partial charge in [0.1, 0.15) is 0 Å². The van der Waals surface area contributed by atoms with Crippen molar-refractivity contribution in [3.8, 4) is 0 Å². The largest absolute Gasteiger partial charge is 0.368 e. The molecule has 6 heteroatoms. The van der Waals surface area contributed by atoms with Crippen molar-refractivity contribution in [2.75, 3.05) is 31.1 Å². The molecule has 0 saturated carbocycles. The zero-order valence-electron chi connectivity index (χ0n) is 16.2. The summed E-state index contributed by atoms with van der Waals surface area (Å²) in [5.41, 5.74) is 3.33. The molecule has 1 saturated heterocycles. The number of anilines is 1. The van der Waals surface area contributed by atoms with E-state index in [9.17, 15) is 14.9 Å². The first-order valence-electron chi connectivity index (χ1n) is 9.50. The number of piperazine rings is 1. The summed E-state index contributed by atoms with van der Waals surface area (Å²) in [6.45, 7) is 7.00. The predicted octanol–water partition coefficient (Wildman–Crippen LogP) is 4.08. The Bertz CT molecular complexity index is 850. The van der Waals surface area contributed by atoms with Gasteiger partial charge in [-0.25, -0.2) is 0 Å². The highest BCUT2D eigenvalue weighted by Crippen LogP contribution is 2.21. The zero-order valence-corrected chi connectivity index (χ0v) is 16.2. The minimum absolute atomic E-state index is 0.0104. The fraction of sp³-hybridized carbons (Fsp3) is 0.318. The van der Waals surface area contributed by atoms with E-state index in [1.54, 1.807) is 18.2 Å². The Morgan fingerprint density at radius 3 is 2.14 bits per heavy atom. The van der Waals surface area contributed by atoms with Gasteiger partial charge in [-0.2, -0.15) is 0 Å². The molecule has 1 aliphatic rings. The lowest BCUT2D eigenvalue weighted by molar-refractivity contribution is -0.384. The third kappa shape index (κ3) is 4.76. The minimum Gasteiger partial charge on any atom is -0.368 e. The van der Waals surface area contributed by atoms with Gasteiger partial charge in [0.2, 0.25) is 5.91 Å². The van der Waals surface area contributed by atoms with Gasteiger partial charge in [-0.3, -0.25) is 14.9 Å². The van der Waals surface area contributed by atoms with Crippen LogP contribution in [0.25, 0.3) is 6.08 Å². The number of nitro groups is 1. The van der Waals surface area contributed by atoms with Crippen molar-refractivity contribution < 1.29 is 9.72 Å². The molecule has 0 N–H and O–H groups in total. The van der Waals surface area contributed by atoms with Gasteiger partial charge in [-0.05, 0) is 35.3 Å². The summed E-state index contributed by atoms with van der Waals surface area (Å²) in [6, 6.07) is 14.8. The quantitative estimate of drug-likeness (QED) is 0.446. The van der Waals surface area contributed by atoms with Crippen LogP contribution in [0, 0.1) is 10.1 Å². The molecule has 2 aromatic rings. The van der Waals surface area contributed by atoms with Crippen LogP contribution in [0.1, 0.15) is 30.9 Å². The summed E-state index contributed by atoms with van der Waals surface area (Å²) in [4.78, 5) is 26.8. The monoisotopic (exact) mass is 379 g/mol. The van der Waals surface area contributed by atoms with Crippen LogP contribution in [-0.2, 0) is 4.79 Å². The second-order valence-corrected chi connectivity index (χ2v) is 7.24. The number of amides is 1. The van der Waals surface area contributed by atoms with Crippen molar-refractivity contribution in [3.63, 3.8) is 0 Å². The number of hydrogen-bond donors (Lipinski definition) is 0. The van der Waals surface area contributed by atoms with Gasteiger partial charge in [0.15, 0.2) is 0 Å². The van der Waals surface area contributed by atoms with Crippen molar-refractivity contribution in [1.29, 1.82) is 0 Å². The maximum Gasteiger partial charge on any atom is 0.269 e. The van der Waals surface area contributed by atoms with E-state index in [4.69, 9.17) is 0 Å². The zero-order chi connectivity index (χ0) is 20.1. The van der Waals surface area contributed by atoms with Crippen molar-refractivity contribution in [2.24, 2.45) is 0 Å². The number of nitro benzene ring substituents is 1. The first-order chi connectivity index (χ1) is 13.4. The molecule has 1 amide bonds. The molecule has 0 aromatic heterocycles. The number of non-ortho nitro benzene ring substituents is 1. The Labute approximate surface area is 165 Å². The van der Waals surface area contributed by atoms with Gasteiger partial charge >= 0.3 is 0 Å². The van der Waals surface area contributed by atoms with Crippen LogP contribution in [0.3, 0.4) is 0 Å². The lowest BCUT2D eigenvalue weighted by Crippen LogP contribution is -2.48. The predicted molar refractivity (Wildman–Crippen MR) is 111 cm³/mol. The average Bonchev–Trinajstić information content (AvgIpc) is 2.72. The maximum absolute atomic E-state index is 12.5. The first-order valence-corrected chi connectivity index (χ1v) is 9.50. The SMILES string of the molecule is CC(C)c1ccc(/C=C/C(=O)N2CCN(c3ccc([N+](=O)[O-])cc3)CC2)cc1. The number of rotatable bonds is 5. The molecule has 6 nitrogen and oxygen atoms in total. The molecule has 0 radical (unpaired) electrons. The molecule has 0 bridgehead atoms. The third-order valence-electron chi connectivity index (χ3n) is 5.04. The van der Waals surface area contributed by atoms with Crippen LogP contribution in [0.5, 0.6) is 0 Å². The molecule has 0 aliphatic carbocycles. The third-order valence-corrected chi connectivity index (χ3v) is 5.04. The van der Waals surface area contributed by atoms with Gasteiger partial charge in [0, 0.05) is 50.1 Å². The van der Waals surface area contributed by atoms with E-state index in [0.717, 1.165) is 11.3 Å². The normalized spacial score (nSPS) is 14.7. The summed E-state index contributed by atoms with van der Waals surface area (Å²) >= 11 is 0. The lowest BCUT2D eigenvalue weighted by atomic mass is 10.0. The Balaban J connectivity index is 1.53. The highest BCUT2D eigenvalue weighted by atomic mass is 16.6. The van der Waals surface area contributed by atoms with E-state index in [1.165, 1.54) is 17.7 Å². The molecule has 2 aromatic carbocycles. The van der Waals surface area contributed by atoms with E-state index < -0.39 is 4.92 Å². The fourth-order valence-electron chi connectivity index (χ4n) is 3.24. The highest BCUT2D eigenvalue weighted by Gasteiger charge is 2.20. The van der Waals surface area contributed by atoms with E-state index in [0.29, 0.717) is 32.1 Å². The molecule has 3 rings (SSSR count). The Morgan fingerprint density at radius 2 is 1.61 bits per heavy atom. The second kappa shape index (κ2) is 8.69. The summed E-state index contributed by atoms with van der Waals surface area (Å²) in [5, 5.41) is 10.8. The van der Waals surface area contributed by atoms with Gasteiger partial charge in [-0.1, -0.05) is 38.1 Å². The van der Waals surface area contributed by atoms with E-state index in [2.05, 4.69) is 30.9 Å². The molecule has 146 valence electrons.